The van der Waals surface area contributed by atoms with Gasteiger partial charge in [-0.1, -0.05) is 12.1 Å². The number of piperidine rings is 1. The first-order valence-electron chi connectivity index (χ1n) is 7.16. The smallest absolute Gasteiger partial charge is 0.245 e. The number of anilines is 2. The zero-order valence-electron chi connectivity index (χ0n) is 11.7. The van der Waals surface area contributed by atoms with Crippen LogP contribution < -0.4 is 14.9 Å². The summed E-state index contributed by atoms with van der Waals surface area (Å²) in [6, 6.07) is 7.00. The Morgan fingerprint density at radius 3 is 2.86 bits per heavy atom. The van der Waals surface area contributed by atoms with Crippen LogP contribution >= 0.6 is 0 Å². The molecule has 0 bridgehead atoms. The van der Waals surface area contributed by atoms with E-state index in [2.05, 4.69) is 10.6 Å². The molecule has 0 spiro atoms. The van der Waals surface area contributed by atoms with Crippen molar-refractivity contribution in [3.63, 3.8) is 0 Å². The van der Waals surface area contributed by atoms with Crippen molar-refractivity contribution in [3.05, 3.63) is 24.3 Å². The molecule has 1 aromatic rings. The van der Waals surface area contributed by atoms with Gasteiger partial charge in [-0.15, -0.1) is 0 Å². The van der Waals surface area contributed by atoms with E-state index in [9.17, 15) is 13.2 Å². The van der Waals surface area contributed by atoms with Crippen LogP contribution in [-0.2, 0) is 14.8 Å². The fourth-order valence-corrected chi connectivity index (χ4v) is 4.74. The molecule has 0 radical (unpaired) electrons. The van der Waals surface area contributed by atoms with Crippen molar-refractivity contribution >= 4 is 27.3 Å². The molecule has 0 saturated carbocycles. The number of carbonyl (C=O) groups is 1. The van der Waals surface area contributed by atoms with Gasteiger partial charge in [0.05, 0.1) is 17.1 Å². The van der Waals surface area contributed by atoms with E-state index < -0.39 is 10.0 Å². The third-order valence-corrected chi connectivity index (χ3v) is 5.81. The summed E-state index contributed by atoms with van der Waals surface area (Å²) in [4.78, 5) is 11.7. The van der Waals surface area contributed by atoms with Crippen molar-refractivity contribution in [2.24, 2.45) is 5.92 Å². The summed E-state index contributed by atoms with van der Waals surface area (Å²) in [5.74, 6) is -0.0957. The molecule has 1 aromatic carbocycles. The van der Waals surface area contributed by atoms with Crippen LogP contribution in [0.25, 0.3) is 0 Å². The molecule has 21 heavy (non-hydrogen) atoms. The highest BCUT2D eigenvalue weighted by molar-refractivity contribution is 7.92. The van der Waals surface area contributed by atoms with Crippen LogP contribution in [0.15, 0.2) is 24.3 Å². The number of amides is 1. The summed E-state index contributed by atoms with van der Waals surface area (Å²) in [7, 11) is -3.50. The minimum Gasteiger partial charge on any atom is -0.323 e. The molecule has 0 aliphatic carbocycles. The lowest BCUT2D eigenvalue weighted by Crippen LogP contribution is -2.45. The summed E-state index contributed by atoms with van der Waals surface area (Å²) in [5, 5.41) is 5.93. The van der Waals surface area contributed by atoms with Crippen LogP contribution in [0.1, 0.15) is 12.8 Å². The molecule has 6 nitrogen and oxygen atoms in total. The Kier molecular flexibility index (Phi) is 3.86. The number of hydrogen-bond acceptors (Lipinski definition) is 4. The minimum absolute atomic E-state index is 0.0849. The van der Waals surface area contributed by atoms with Crippen molar-refractivity contribution in [1.82, 2.24) is 5.32 Å². The van der Waals surface area contributed by atoms with Gasteiger partial charge in [-0.25, -0.2) is 8.42 Å². The maximum absolute atomic E-state index is 12.7. The van der Waals surface area contributed by atoms with Gasteiger partial charge in [0, 0.05) is 0 Å². The van der Waals surface area contributed by atoms with E-state index in [1.54, 1.807) is 24.3 Å². The number of para-hydroxylation sites is 2. The largest absolute Gasteiger partial charge is 0.323 e. The van der Waals surface area contributed by atoms with Crippen LogP contribution in [0.4, 0.5) is 11.4 Å². The molecule has 1 saturated heterocycles. The Morgan fingerprint density at radius 1 is 1.29 bits per heavy atom. The van der Waals surface area contributed by atoms with E-state index in [-0.39, 0.29) is 24.1 Å². The number of nitrogens with zero attached hydrogens (tertiary/aromatic N) is 1. The average molecular weight is 309 g/mol. The second-order valence-electron chi connectivity index (χ2n) is 5.56. The summed E-state index contributed by atoms with van der Waals surface area (Å²) in [5.41, 5.74) is 1.11. The molecule has 1 fully saturated rings. The first kappa shape index (κ1) is 14.3. The second kappa shape index (κ2) is 5.65. The number of sulfonamides is 1. The number of carbonyl (C=O) groups excluding carboxylic acids is 1. The lowest BCUT2D eigenvalue weighted by molar-refractivity contribution is -0.115. The lowest BCUT2D eigenvalue weighted by atomic mass is 10.0. The van der Waals surface area contributed by atoms with Crippen molar-refractivity contribution in [2.45, 2.75) is 12.8 Å². The Hall–Kier alpha value is -1.60. The van der Waals surface area contributed by atoms with Gasteiger partial charge in [-0.2, -0.15) is 0 Å². The maximum atomic E-state index is 12.7. The Morgan fingerprint density at radius 2 is 2.10 bits per heavy atom. The van der Waals surface area contributed by atoms with Crippen molar-refractivity contribution in [3.8, 4) is 0 Å². The standard InChI is InChI=1S/C14H19N3O3S/c18-14-9-17(13-6-2-1-5-12(13)16-14)21(19,20)10-11-4-3-7-15-8-11/h1-2,5-6,11,15H,3-4,7-10H2,(H,16,18). The average Bonchev–Trinajstić information content (AvgIpc) is 2.47. The van der Waals surface area contributed by atoms with E-state index in [1.165, 1.54) is 4.31 Å². The molecular weight excluding hydrogens is 290 g/mol. The van der Waals surface area contributed by atoms with Gasteiger partial charge in [0.1, 0.15) is 6.54 Å². The van der Waals surface area contributed by atoms with Gasteiger partial charge in [0.25, 0.3) is 0 Å². The molecule has 3 rings (SSSR count). The second-order valence-corrected chi connectivity index (χ2v) is 7.50. The normalized spacial score (nSPS) is 22.6. The molecular formula is C14H19N3O3S. The van der Waals surface area contributed by atoms with Crippen LogP contribution in [0.2, 0.25) is 0 Å². The third-order valence-electron chi connectivity index (χ3n) is 3.92. The van der Waals surface area contributed by atoms with Gasteiger partial charge in [0.15, 0.2) is 0 Å². The predicted octanol–water partition coefficient (Wildman–Crippen LogP) is 0.774. The van der Waals surface area contributed by atoms with E-state index in [4.69, 9.17) is 0 Å². The summed E-state index contributed by atoms with van der Waals surface area (Å²) in [6.45, 7) is 1.53. The van der Waals surface area contributed by atoms with Crippen LogP contribution in [0, 0.1) is 5.92 Å². The van der Waals surface area contributed by atoms with Gasteiger partial charge < -0.3 is 10.6 Å². The van der Waals surface area contributed by atoms with Gasteiger partial charge in [-0.3, -0.25) is 9.10 Å². The quantitative estimate of drug-likeness (QED) is 0.864. The highest BCUT2D eigenvalue weighted by atomic mass is 32.2. The first-order chi connectivity index (χ1) is 10.1. The summed E-state index contributed by atoms with van der Waals surface area (Å²) >= 11 is 0. The number of hydrogen-bond donors (Lipinski definition) is 2. The molecule has 114 valence electrons. The molecule has 2 N–H and O–H groups in total. The molecule has 2 aliphatic rings. The summed E-state index contributed by atoms with van der Waals surface area (Å²) in [6.07, 6.45) is 1.91. The van der Waals surface area contributed by atoms with Crippen LogP contribution in [-0.4, -0.2) is 39.7 Å². The number of rotatable bonds is 3. The van der Waals surface area contributed by atoms with Crippen molar-refractivity contribution < 1.29 is 13.2 Å². The van der Waals surface area contributed by atoms with Gasteiger partial charge in [-0.05, 0) is 44.0 Å². The van der Waals surface area contributed by atoms with E-state index >= 15 is 0 Å². The van der Waals surface area contributed by atoms with E-state index in [1.807, 2.05) is 0 Å². The fraction of sp³-hybridized carbons (Fsp3) is 0.500. The Labute approximate surface area is 124 Å². The Balaban J connectivity index is 1.86. The Bertz CT molecular complexity index is 639. The zero-order chi connectivity index (χ0) is 14.9. The molecule has 1 amide bonds. The summed E-state index contributed by atoms with van der Waals surface area (Å²) < 4.78 is 26.6. The van der Waals surface area contributed by atoms with Gasteiger partial charge in [0.2, 0.25) is 15.9 Å². The highest BCUT2D eigenvalue weighted by Gasteiger charge is 2.33. The highest BCUT2D eigenvalue weighted by Crippen LogP contribution is 2.31. The molecule has 1 atom stereocenters. The van der Waals surface area contributed by atoms with Crippen LogP contribution in [0.3, 0.4) is 0 Å². The third kappa shape index (κ3) is 3.03. The van der Waals surface area contributed by atoms with Crippen LogP contribution in [0.5, 0.6) is 0 Å². The number of fused-ring (bicyclic) bond motifs is 1. The molecule has 0 aromatic heterocycles. The topological polar surface area (TPSA) is 78.5 Å². The van der Waals surface area contributed by atoms with Gasteiger partial charge >= 0.3 is 0 Å². The SMILES string of the molecule is O=C1CN(S(=O)(=O)CC2CCCNC2)c2ccccc2N1. The predicted molar refractivity (Wildman–Crippen MR) is 81.8 cm³/mol. The molecule has 2 aliphatic heterocycles. The van der Waals surface area contributed by atoms with Crippen molar-refractivity contribution in [2.75, 3.05) is 35.0 Å². The molecule has 2 heterocycles. The van der Waals surface area contributed by atoms with E-state index in [0.717, 1.165) is 25.9 Å². The molecule has 1 unspecified atom stereocenters. The van der Waals surface area contributed by atoms with Crippen molar-refractivity contribution in [1.29, 1.82) is 0 Å². The zero-order valence-corrected chi connectivity index (χ0v) is 12.5. The monoisotopic (exact) mass is 309 g/mol. The minimum atomic E-state index is -3.50. The number of benzene rings is 1. The first-order valence-corrected chi connectivity index (χ1v) is 8.77. The fourth-order valence-electron chi connectivity index (χ4n) is 2.90. The number of nitrogens with one attached hydrogen (secondary N) is 2. The van der Waals surface area contributed by atoms with E-state index in [0.29, 0.717) is 11.4 Å². The molecule has 7 heteroatoms. The maximum Gasteiger partial charge on any atom is 0.245 e. The lowest BCUT2D eigenvalue weighted by Gasteiger charge is -2.32.